The molecule has 0 unspecified atom stereocenters. The Morgan fingerprint density at radius 2 is 2.12 bits per heavy atom. The summed E-state index contributed by atoms with van der Waals surface area (Å²) in [5.74, 6) is -0.213. The van der Waals surface area contributed by atoms with E-state index >= 15 is 0 Å². The number of hydrogen-bond donors (Lipinski definition) is 1. The van der Waals surface area contributed by atoms with E-state index in [1.807, 2.05) is 24.3 Å². The van der Waals surface area contributed by atoms with Crippen LogP contribution < -0.4 is 10.2 Å². The summed E-state index contributed by atoms with van der Waals surface area (Å²) in [6.07, 6.45) is 1.16. The molecule has 0 bridgehead atoms. The lowest BCUT2D eigenvalue weighted by Gasteiger charge is -2.07. The second-order valence-electron chi connectivity index (χ2n) is 4.71. The Bertz CT molecular complexity index is 912. The third-order valence-electron chi connectivity index (χ3n) is 3.08. The van der Waals surface area contributed by atoms with Crippen molar-refractivity contribution >= 4 is 38.6 Å². The molecule has 25 heavy (non-hydrogen) atoms. The third-order valence-corrected chi connectivity index (χ3v) is 4.02. The molecule has 0 amide bonds. The van der Waals surface area contributed by atoms with Gasteiger partial charge in [0, 0.05) is 17.7 Å². The van der Waals surface area contributed by atoms with E-state index in [2.05, 4.69) is 20.2 Å². The summed E-state index contributed by atoms with van der Waals surface area (Å²) in [5, 5.41) is 15.2. The predicted octanol–water partition coefficient (Wildman–Crippen LogP) is 4.25. The Morgan fingerprint density at radius 3 is 2.84 bits per heavy atom. The molecule has 3 aromatic rings. The zero-order valence-electron chi connectivity index (χ0n) is 12.4. The van der Waals surface area contributed by atoms with Crippen molar-refractivity contribution in [3.8, 4) is 5.75 Å². The van der Waals surface area contributed by atoms with Crippen molar-refractivity contribution < 1.29 is 18.4 Å². The molecule has 0 saturated heterocycles. The number of aromatic nitrogens is 1. The van der Waals surface area contributed by atoms with Gasteiger partial charge in [-0.1, -0.05) is 23.5 Å². The summed E-state index contributed by atoms with van der Waals surface area (Å²) in [7, 11) is 0. The van der Waals surface area contributed by atoms with Crippen molar-refractivity contribution in [2.45, 2.75) is 6.61 Å². The van der Waals surface area contributed by atoms with Crippen molar-refractivity contribution in [1.82, 2.24) is 4.98 Å². The molecule has 3 rings (SSSR count). The molecule has 0 fully saturated rings. The van der Waals surface area contributed by atoms with Gasteiger partial charge in [0.2, 0.25) is 5.13 Å². The molecule has 1 N–H and O–H groups in total. The quantitative estimate of drug-likeness (QED) is 0.401. The second-order valence-corrected chi connectivity index (χ2v) is 5.75. The zero-order chi connectivity index (χ0) is 17.8. The van der Waals surface area contributed by atoms with E-state index in [4.69, 9.17) is 0 Å². The molecular weight excluding hydrogens is 354 g/mol. The van der Waals surface area contributed by atoms with Crippen LogP contribution in [0.25, 0.3) is 10.2 Å². The molecule has 0 aliphatic rings. The average Bonchev–Trinajstić information content (AvgIpc) is 2.98. The van der Waals surface area contributed by atoms with Gasteiger partial charge < -0.3 is 4.74 Å². The van der Waals surface area contributed by atoms with Crippen molar-refractivity contribution in [2.75, 3.05) is 5.43 Å². The first kappa shape index (κ1) is 16.7. The highest BCUT2D eigenvalue weighted by atomic mass is 32.1. The van der Waals surface area contributed by atoms with Gasteiger partial charge in [0.1, 0.15) is 5.75 Å². The van der Waals surface area contributed by atoms with E-state index in [1.54, 1.807) is 0 Å². The fourth-order valence-corrected chi connectivity index (χ4v) is 2.85. The van der Waals surface area contributed by atoms with E-state index in [9.17, 15) is 18.9 Å². The van der Waals surface area contributed by atoms with Crippen LogP contribution in [0, 0.1) is 10.1 Å². The number of nitro benzene ring substituents is 1. The maximum absolute atomic E-state index is 12.4. The van der Waals surface area contributed by atoms with E-state index < -0.39 is 11.5 Å². The fourth-order valence-electron chi connectivity index (χ4n) is 2.03. The molecular formula is C15H10F2N4O3S. The van der Waals surface area contributed by atoms with Crippen molar-refractivity contribution in [3.05, 3.63) is 58.1 Å². The SMILES string of the molecule is O=[N+]([O-])c1ccc(OC(F)F)c(C=NNc2nc3ccccc3s2)c1. The van der Waals surface area contributed by atoms with E-state index in [1.165, 1.54) is 11.3 Å². The lowest BCUT2D eigenvalue weighted by atomic mass is 10.2. The highest BCUT2D eigenvalue weighted by Gasteiger charge is 2.14. The molecule has 0 radical (unpaired) electrons. The number of rotatable bonds is 6. The van der Waals surface area contributed by atoms with Gasteiger partial charge >= 0.3 is 6.61 Å². The largest absolute Gasteiger partial charge is 0.434 e. The topological polar surface area (TPSA) is 89.7 Å². The summed E-state index contributed by atoms with van der Waals surface area (Å²) in [6, 6.07) is 10.8. The minimum Gasteiger partial charge on any atom is -0.434 e. The van der Waals surface area contributed by atoms with Crippen molar-refractivity contribution in [2.24, 2.45) is 5.10 Å². The molecule has 2 aromatic carbocycles. The number of hydrazone groups is 1. The molecule has 0 aliphatic carbocycles. The number of non-ortho nitro benzene ring substituents is 1. The Morgan fingerprint density at radius 1 is 1.32 bits per heavy atom. The van der Waals surface area contributed by atoms with Crippen molar-refractivity contribution in [1.29, 1.82) is 0 Å². The van der Waals surface area contributed by atoms with Crippen LogP contribution >= 0.6 is 11.3 Å². The highest BCUT2D eigenvalue weighted by Crippen LogP contribution is 2.26. The molecule has 10 heteroatoms. The van der Waals surface area contributed by atoms with Crippen molar-refractivity contribution in [3.63, 3.8) is 0 Å². The molecule has 0 saturated carbocycles. The Labute approximate surface area is 143 Å². The number of nitrogens with zero attached hydrogens (tertiary/aromatic N) is 3. The summed E-state index contributed by atoms with van der Waals surface area (Å²) >= 11 is 1.36. The van der Waals surface area contributed by atoms with E-state index in [0.29, 0.717) is 5.13 Å². The monoisotopic (exact) mass is 364 g/mol. The number of hydrogen-bond acceptors (Lipinski definition) is 7. The van der Waals surface area contributed by atoms with Gasteiger partial charge in [0.15, 0.2) is 0 Å². The van der Waals surface area contributed by atoms with Crippen LogP contribution in [0.1, 0.15) is 5.56 Å². The first-order valence-corrected chi connectivity index (χ1v) is 7.72. The minimum atomic E-state index is -3.05. The number of fused-ring (bicyclic) bond motifs is 1. The standard InChI is InChI=1S/C15H10F2N4O3S/c16-14(17)24-12-6-5-10(21(22)23)7-9(12)8-18-20-15-19-11-3-1-2-4-13(11)25-15/h1-8,14H,(H,19,20). The van der Waals surface area contributed by atoms with Crippen LogP contribution in [-0.4, -0.2) is 22.7 Å². The number of thiazole rings is 1. The predicted molar refractivity (Wildman–Crippen MR) is 90.6 cm³/mol. The number of ether oxygens (including phenoxy) is 1. The summed E-state index contributed by atoms with van der Waals surface area (Å²) in [5.41, 5.74) is 3.25. The first-order chi connectivity index (χ1) is 12.0. The fraction of sp³-hybridized carbons (Fsp3) is 0.0667. The van der Waals surface area contributed by atoms with E-state index in [0.717, 1.165) is 34.6 Å². The molecule has 128 valence electrons. The summed E-state index contributed by atoms with van der Waals surface area (Å²) in [4.78, 5) is 14.5. The maximum Gasteiger partial charge on any atom is 0.387 e. The van der Waals surface area contributed by atoms with Crippen LogP contribution in [0.15, 0.2) is 47.6 Å². The van der Waals surface area contributed by atoms with Gasteiger partial charge in [-0.05, 0) is 18.2 Å². The molecule has 0 atom stereocenters. The van der Waals surface area contributed by atoms with E-state index in [-0.39, 0.29) is 17.0 Å². The molecule has 7 nitrogen and oxygen atoms in total. The lowest BCUT2D eigenvalue weighted by Crippen LogP contribution is -2.05. The van der Waals surface area contributed by atoms with Crippen LogP contribution in [0.2, 0.25) is 0 Å². The van der Waals surface area contributed by atoms with Gasteiger partial charge in [-0.2, -0.15) is 13.9 Å². The number of nitrogens with one attached hydrogen (secondary N) is 1. The molecule has 0 spiro atoms. The van der Waals surface area contributed by atoms with Gasteiger partial charge in [-0.3, -0.25) is 15.5 Å². The third kappa shape index (κ3) is 4.04. The molecule has 0 aliphatic heterocycles. The average molecular weight is 364 g/mol. The number of para-hydroxylation sites is 1. The number of halogens is 2. The van der Waals surface area contributed by atoms with Gasteiger partial charge in [-0.15, -0.1) is 0 Å². The number of alkyl halides is 2. The van der Waals surface area contributed by atoms with Crippen LogP contribution in [-0.2, 0) is 0 Å². The number of anilines is 1. The Kier molecular flexibility index (Phi) is 4.80. The minimum absolute atomic E-state index is 0.0445. The summed E-state index contributed by atoms with van der Waals surface area (Å²) < 4.78 is 30.2. The van der Waals surface area contributed by atoms with Gasteiger partial charge in [0.25, 0.3) is 5.69 Å². The Hall–Kier alpha value is -3.14. The normalized spacial score (nSPS) is 11.3. The number of benzene rings is 2. The van der Waals surface area contributed by atoms with Gasteiger partial charge in [-0.25, -0.2) is 4.98 Å². The smallest absolute Gasteiger partial charge is 0.387 e. The summed E-state index contributed by atoms with van der Waals surface area (Å²) in [6.45, 7) is -3.05. The van der Waals surface area contributed by atoms with Crippen LogP contribution in [0.3, 0.4) is 0 Å². The van der Waals surface area contributed by atoms with Crippen LogP contribution in [0.4, 0.5) is 19.6 Å². The molecule has 1 heterocycles. The Balaban J connectivity index is 1.83. The lowest BCUT2D eigenvalue weighted by molar-refractivity contribution is -0.384. The first-order valence-electron chi connectivity index (χ1n) is 6.91. The number of nitro groups is 1. The zero-order valence-corrected chi connectivity index (χ0v) is 13.2. The molecule has 1 aromatic heterocycles. The second kappa shape index (κ2) is 7.18. The van der Waals surface area contributed by atoms with Gasteiger partial charge in [0.05, 0.1) is 21.4 Å². The van der Waals surface area contributed by atoms with Crippen LogP contribution in [0.5, 0.6) is 5.75 Å². The maximum atomic E-state index is 12.4. The highest BCUT2D eigenvalue weighted by molar-refractivity contribution is 7.22.